The van der Waals surface area contributed by atoms with E-state index in [0.29, 0.717) is 12.1 Å². The fraction of sp³-hybridized carbons (Fsp3) is 0.348. The van der Waals surface area contributed by atoms with Gasteiger partial charge in [0, 0.05) is 12.2 Å². The molecule has 32 heavy (non-hydrogen) atoms. The Morgan fingerprint density at radius 2 is 1.72 bits per heavy atom. The van der Waals surface area contributed by atoms with Gasteiger partial charge in [-0.1, -0.05) is 6.07 Å². The summed E-state index contributed by atoms with van der Waals surface area (Å²) in [7, 11) is 6.24. The molecular formula is C23H30ClFN3ORuS2. The number of nitrogens with zero attached hydrogens (tertiary/aromatic N) is 2. The second-order valence-electron chi connectivity index (χ2n) is 6.77. The van der Waals surface area contributed by atoms with Gasteiger partial charge in [0.05, 0.1) is 7.11 Å². The second kappa shape index (κ2) is 16.0. The molecule has 2 aromatic rings. The number of hydrogen-bond donors (Lipinski definition) is 1. The van der Waals surface area contributed by atoms with Gasteiger partial charge in [-0.05, 0) is 68.8 Å². The summed E-state index contributed by atoms with van der Waals surface area (Å²) in [6.07, 6.45) is 5.62. The van der Waals surface area contributed by atoms with E-state index in [1.165, 1.54) is 18.2 Å². The third-order valence-corrected chi connectivity index (χ3v) is 6.19. The number of methoxy groups -OCH3 is 1. The van der Waals surface area contributed by atoms with E-state index in [1.54, 1.807) is 37.1 Å². The first-order chi connectivity index (χ1) is 15.4. The molecule has 1 saturated heterocycles. The Balaban J connectivity index is 0.000000388. The second-order valence-corrected chi connectivity index (χ2v) is 8.44. The number of halogens is 2. The maximum absolute atomic E-state index is 13.2. The Morgan fingerprint density at radius 1 is 1.16 bits per heavy atom. The van der Waals surface area contributed by atoms with Gasteiger partial charge in [0.25, 0.3) is 0 Å². The molecule has 0 aliphatic carbocycles. The average molecular weight is 584 g/mol. The van der Waals surface area contributed by atoms with Crippen LogP contribution in [0.1, 0.15) is 22.3 Å². The van der Waals surface area contributed by atoms with Crippen molar-refractivity contribution in [3.8, 4) is 5.75 Å². The van der Waals surface area contributed by atoms with Crippen LogP contribution in [0.25, 0.3) is 6.08 Å². The molecule has 0 bridgehead atoms. The first kappa shape index (κ1) is 29.3. The third-order valence-electron chi connectivity index (χ3n) is 4.70. The van der Waals surface area contributed by atoms with Crippen LogP contribution in [0.4, 0.5) is 10.1 Å². The molecule has 0 saturated carbocycles. The van der Waals surface area contributed by atoms with Gasteiger partial charge in [-0.3, -0.25) is 6.58 Å². The molecule has 9 heteroatoms. The van der Waals surface area contributed by atoms with Gasteiger partial charge in [0.2, 0.25) is 0 Å². The number of nitrogens with one attached hydrogen (secondary N) is 1. The van der Waals surface area contributed by atoms with E-state index in [4.69, 9.17) is 11.3 Å². The van der Waals surface area contributed by atoms with Gasteiger partial charge < -0.3 is 18.7 Å². The van der Waals surface area contributed by atoms with Crippen LogP contribution in [0.2, 0.25) is 0 Å². The zero-order valence-electron chi connectivity index (χ0n) is 19.0. The van der Waals surface area contributed by atoms with Crippen LogP contribution >= 0.6 is 33.6 Å². The minimum atomic E-state index is -0.286. The minimum absolute atomic E-state index is 0.286. The molecule has 0 aromatic heterocycles. The van der Waals surface area contributed by atoms with Crippen molar-refractivity contribution in [1.29, 1.82) is 0 Å². The van der Waals surface area contributed by atoms with Gasteiger partial charge in [-0.25, -0.2) is 10.5 Å². The summed E-state index contributed by atoms with van der Waals surface area (Å²) in [5, 5.41) is 3.33. The van der Waals surface area contributed by atoms with Crippen molar-refractivity contribution in [1.82, 2.24) is 8.61 Å². The predicted molar refractivity (Wildman–Crippen MR) is 136 cm³/mol. The van der Waals surface area contributed by atoms with Gasteiger partial charge >= 0.3 is 27.0 Å². The van der Waals surface area contributed by atoms with Gasteiger partial charge in [0.1, 0.15) is 11.6 Å². The Morgan fingerprint density at radius 3 is 2.16 bits per heavy atom. The van der Waals surface area contributed by atoms with Crippen LogP contribution in [-0.2, 0) is 23.9 Å². The molecule has 0 spiro atoms. The van der Waals surface area contributed by atoms with E-state index in [2.05, 4.69) is 42.8 Å². The summed E-state index contributed by atoms with van der Waals surface area (Å²) in [6.45, 7) is 14.6. The molecule has 1 aliphatic rings. The van der Waals surface area contributed by atoms with Crippen molar-refractivity contribution in [2.24, 2.45) is 0 Å². The van der Waals surface area contributed by atoms with Crippen LogP contribution in [0.15, 0.2) is 30.3 Å². The fourth-order valence-corrected chi connectivity index (χ4v) is 4.19. The van der Waals surface area contributed by atoms with Crippen molar-refractivity contribution >= 4 is 45.4 Å². The molecule has 0 unspecified atom stereocenters. The predicted octanol–water partition coefficient (Wildman–Crippen LogP) is 6.48. The normalized spacial score (nSPS) is 13.5. The standard InChI is InChI=1S/C18H19FNO.C5H11N2S2.ClH.Ru/c1-5-14-10-16(19)7-6-15(14)11-20-17-8-12(2)18(21-4)13(3)9-17;1-8-6-3-4-7(5-6)9-2;;/h1,5-10,20H,11H2,2-4H3;5H,3-4H2,1-2H3;1H;/q2*-1;;+3/p-1. The SMILES string of the molecule is CSN1[CH-]N(SC)CC1.[CH-]=Cc1cc(F)ccc1CNc1cc(C)c(OC)c(C)c1.[Cl][Ru+2]. The molecule has 4 nitrogen and oxygen atoms in total. The number of ether oxygens (including phenoxy) is 1. The van der Waals surface area contributed by atoms with E-state index < -0.39 is 0 Å². The molecular weight excluding hydrogens is 554 g/mol. The molecule has 0 radical (unpaired) electrons. The summed E-state index contributed by atoms with van der Waals surface area (Å²) in [4.78, 5) is 0. The summed E-state index contributed by atoms with van der Waals surface area (Å²) < 4.78 is 23.0. The van der Waals surface area contributed by atoms with Crippen molar-refractivity contribution in [2.75, 3.05) is 38.0 Å². The van der Waals surface area contributed by atoms with Crippen LogP contribution in [-0.4, -0.2) is 41.3 Å². The summed E-state index contributed by atoms with van der Waals surface area (Å²) in [5.74, 6) is 0.616. The molecule has 2 aromatic carbocycles. The summed E-state index contributed by atoms with van der Waals surface area (Å²) >= 11 is 5.37. The molecule has 3 rings (SSSR count). The Bertz CT molecular complexity index is 827. The van der Waals surface area contributed by atoms with Crippen molar-refractivity contribution < 1.29 is 26.4 Å². The fourth-order valence-electron chi connectivity index (χ4n) is 3.19. The number of benzene rings is 2. The van der Waals surface area contributed by atoms with E-state index in [-0.39, 0.29) is 5.82 Å². The average Bonchev–Trinajstić information content (AvgIpc) is 3.28. The monoisotopic (exact) mass is 584 g/mol. The van der Waals surface area contributed by atoms with Crippen LogP contribution < -0.4 is 10.1 Å². The van der Waals surface area contributed by atoms with E-state index in [1.807, 2.05) is 43.3 Å². The van der Waals surface area contributed by atoms with Crippen molar-refractivity contribution in [3.63, 3.8) is 0 Å². The number of aryl methyl sites for hydroxylation is 2. The van der Waals surface area contributed by atoms with Gasteiger partial charge in [-0.15, -0.1) is 35.5 Å². The molecule has 0 amide bonds. The van der Waals surface area contributed by atoms with Gasteiger partial charge in [-0.2, -0.15) is 12.2 Å². The first-order valence-electron chi connectivity index (χ1n) is 9.74. The zero-order valence-corrected chi connectivity index (χ0v) is 23.1. The van der Waals surface area contributed by atoms with Gasteiger partial charge in [0.15, 0.2) is 0 Å². The van der Waals surface area contributed by atoms with E-state index >= 15 is 0 Å². The van der Waals surface area contributed by atoms with Crippen molar-refractivity contribution in [3.05, 3.63) is 71.7 Å². The summed E-state index contributed by atoms with van der Waals surface area (Å²) in [6, 6.07) is 8.67. The van der Waals surface area contributed by atoms with Crippen LogP contribution in [0, 0.1) is 32.9 Å². The van der Waals surface area contributed by atoms with E-state index in [9.17, 15) is 4.39 Å². The Labute approximate surface area is 215 Å². The van der Waals surface area contributed by atoms with Crippen LogP contribution in [0.3, 0.4) is 0 Å². The third kappa shape index (κ3) is 9.24. The molecule has 1 fully saturated rings. The topological polar surface area (TPSA) is 27.7 Å². The number of anilines is 1. The molecule has 1 aliphatic heterocycles. The number of rotatable bonds is 7. The molecule has 1 heterocycles. The quantitative estimate of drug-likeness (QED) is 0.228. The maximum atomic E-state index is 13.2. The Hall–Kier alpha value is -0.757. The number of hydrogen-bond acceptors (Lipinski definition) is 6. The van der Waals surface area contributed by atoms with E-state index in [0.717, 1.165) is 41.2 Å². The Kier molecular flexibility index (Phi) is 14.6. The zero-order chi connectivity index (χ0) is 24.1. The van der Waals surface area contributed by atoms with Crippen molar-refractivity contribution in [2.45, 2.75) is 20.4 Å². The molecule has 0 atom stereocenters. The summed E-state index contributed by atoms with van der Waals surface area (Å²) in [5.41, 5.74) is 4.79. The molecule has 1 N–H and O–H groups in total. The first-order valence-corrected chi connectivity index (χ1v) is 14.3. The molecule has 177 valence electrons. The van der Waals surface area contributed by atoms with Crippen LogP contribution in [0.5, 0.6) is 5.75 Å².